The largest absolute Gasteiger partial charge is 0.508 e. The van der Waals surface area contributed by atoms with Crippen molar-refractivity contribution < 1.29 is 33.7 Å². The van der Waals surface area contributed by atoms with E-state index in [2.05, 4.69) is 5.48 Å². The van der Waals surface area contributed by atoms with Gasteiger partial charge in [0.2, 0.25) is 0 Å². The van der Waals surface area contributed by atoms with Gasteiger partial charge in [0.25, 0.3) is 5.91 Å². The molecule has 1 fully saturated rings. The number of ether oxygens (including phenoxy) is 2. The van der Waals surface area contributed by atoms with Crippen LogP contribution in [0.2, 0.25) is 0 Å². The molecular formula is C21H21FN2O6. The van der Waals surface area contributed by atoms with E-state index in [1.807, 2.05) is 0 Å². The van der Waals surface area contributed by atoms with Crippen molar-refractivity contribution >= 4 is 11.6 Å². The summed E-state index contributed by atoms with van der Waals surface area (Å²) in [6, 6.07) is 8.26. The summed E-state index contributed by atoms with van der Waals surface area (Å²) in [5.41, 5.74) is 3.19. The van der Waals surface area contributed by atoms with Crippen LogP contribution in [-0.2, 0) is 9.57 Å². The predicted octanol–water partition coefficient (Wildman–Crippen LogP) is 2.03. The Labute approximate surface area is 172 Å². The Morgan fingerprint density at radius 3 is 2.87 bits per heavy atom. The van der Waals surface area contributed by atoms with Crippen molar-refractivity contribution in [3.05, 3.63) is 59.4 Å². The number of phenolic OH excluding ortho intramolecular Hbond substituents is 2. The van der Waals surface area contributed by atoms with Gasteiger partial charge in [0.1, 0.15) is 11.5 Å². The molecule has 1 atom stereocenters. The van der Waals surface area contributed by atoms with Crippen LogP contribution in [-0.4, -0.2) is 60.0 Å². The number of nitrogens with one attached hydrogen (secondary N) is 1. The normalized spacial score (nSPS) is 21.1. The molecule has 9 heteroatoms. The number of benzene rings is 2. The van der Waals surface area contributed by atoms with Crippen LogP contribution in [0.3, 0.4) is 0 Å². The third-order valence-electron chi connectivity index (χ3n) is 5.04. The van der Waals surface area contributed by atoms with E-state index in [0.29, 0.717) is 24.4 Å². The third-order valence-corrected chi connectivity index (χ3v) is 5.04. The second-order valence-electron chi connectivity index (χ2n) is 7.16. The summed E-state index contributed by atoms with van der Waals surface area (Å²) >= 11 is 0. The molecule has 0 radical (unpaired) electrons. The first-order valence-corrected chi connectivity index (χ1v) is 9.30. The Morgan fingerprint density at radius 1 is 1.27 bits per heavy atom. The highest BCUT2D eigenvalue weighted by molar-refractivity contribution is 5.97. The fourth-order valence-corrected chi connectivity index (χ4v) is 3.51. The van der Waals surface area contributed by atoms with Crippen molar-refractivity contribution in [1.29, 1.82) is 0 Å². The van der Waals surface area contributed by atoms with Gasteiger partial charge in [-0.25, -0.2) is 4.39 Å². The molecule has 2 aromatic rings. The van der Waals surface area contributed by atoms with Crippen LogP contribution < -0.4 is 10.2 Å². The SMILES string of the molecule is COc1cc(C2=CC3(COCCN(C(=O)c4ccc(O)cc4O)C3)ON2)ccc1F. The van der Waals surface area contributed by atoms with E-state index in [9.17, 15) is 19.4 Å². The summed E-state index contributed by atoms with van der Waals surface area (Å²) < 4.78 is 24.4. The number of nitrogens with zero attached hydrogens (tertiary/aromatic N) is 1. The average molecular weight is 416 g/mol. The van der Waals surface area contributed by atoms with Gasteiger partial charge in [0.15, 0.2) is 17.2 Å². The number of amides is 1. The lowest BCUT2D eigenvalue weighted by molar-refractivity contribution is -0.0764. The molecule has 4 rings (SSSR count). The summed E-state index contributed by atoms with van der Waals surface area (Å²) in [7, 11) is 1.39. The van der Waals surface area contributed by atoms with Crippen LogP contribution in [0.1, 0.15) is 15.9 Å². The number of hydroxylamine groups is 1. The van der Waals surface area contributed by atoms with E-state index in [0.717, 1.165) is 6.07 Å². The Kier molecular flexibility index (Phi) is 5.23. The Hall–Kier alpha value is -3.30. The molecular weight excluding hydrogens is 395 g/mol. The van der Waals surface area contributed by atoms with Crippen molar-refractivity contribution in [3.8, 4) is 17.2 Å². The van der Waals surface area contributed by atoms with Crippen LogP contribution in [0.25, 0.3) is 5.70 Å². The minimum atomic E-state index is -0.963. The second kappa shape index (κ2) is 7.85. The summed E-state index contributed by atoms with van der Waals surface area (Å²) in [6.45, 7) is 0.967. The lowest BCUT2D eigenvalue weighted by atomic mass is 10.0. The van der Waals surface area contributed by atoms with Gasteiger partial charge in [0, 0.05) is 18.2 Å². The van der Waals surface area contributed by atoms with Gasteiger partial charge in [-0.15, -0.1) is 0 Å². The first-order chi connectivity index (χ1) is 14.4. The molecule has 158 valence electrons. The number of phenols is 2. The Balaban J connectivity index is 1.60. The summed E-state index contributed by atoms with van der Waals surface area (Å²) in [5, 5.41) is 19.5. The number of hydrogen-bond donors (Lipinski definition) is 3. The van der Waals surface area contributed by atoms with Gasteiger partial charge < -0.3 is 24.6 Å². The number of methoxy groups -OCH3 is 1. The number of aromatic hydroxyl groups is 2. The minimum absolute atomic E-state index is 0.0725. The van der Waals surface area contributed by atoms with E-state index in [-0.39, 0.29) is 36.0 Å². The molecule has 0 saturated carbocycles. The number of carbonyl (C=O) groups is 1. The summed E-state index contributed by atoms with van der Waals surface area (Å²) in [5.74, 6) is -1.22. The molecule has 2 aliphatic heterocycles. The molecule has 30 heavy (non-hydrogen) atoms. The second-order valence-corrected chi connectivity index (χ2v) is 7.16. The lowest BCUT2D eigenvalue weighted by Gasteiger charge is -2.28. The van der Waals surface area contributed by atoms with Crippen LogP contribution in [0.15, 0.2) is 42.5 Å². The van der Waals surface area contributed by atoms with Gasteiger partial charge >= 0.3 is 0 Å². The highest BCUT2D eigenvalue weighted by Crippen LogP contribution is 2.32. The zero-order valence-corrected chi connectivity index (χ0v) is 16.2. The van der Waals surface area contributed by atoms with Crippen LogP contribution >= 0.6 is 0 Å². The molecule has 2 heterocycles. The molecule has 1 saturated heterocycles. The first kappa shape index (κ1) is 20.0. The van der Waals surface area contributed by atoms with Gasteiger partial charge in [0.05, 0.1) is 38.1 Å². The molecule has 8 nitrogen and oxygen atoms in total. The van der Waals surface area contributed by atoms with E-state index in [4.69, 9.17) is 14.3 Å². The number of rotatable bonds is 3. The molecule has 1 unspecified atom stereocenters. The monoisotopic (exact) mass is 416 g/mol. The van der Waals surface area contributed by atoms with Gasteiger partial charge in [-0.05, 0) is 36.4 Å². The van der Waals surface area contributed by atoms with E-state index < -0.39 is 17.3 Å². The molecule has 1 spiro atoms. The van der Waals surface area contributed by atoms with Crippen LogP contribution in [0, 0.1) is 5.82 Å². The number of carbonyl (C=O) groups excluding carboxylic acids is 1. The number of halogens is 1. The van der Waals surface area contributed by atoms with Crippen LogP contribution in [0.4, 0.5) is 4.39 Å². The van der Waals surface area contributed by atoms with Crippen LogP contribution in [0.5, 0.6) is 17.2 Å². The molecule has 0 aliphatic carbocycles. The fraction of sp³-hybridized carbons (Fsp3) is 0.286. The molecule has 2 aromatic carbocycles. The quantitative estimate of drug-likeness (QED) is 0.704. The van der Waals surface area contributed by atoms with Crippen molar-refractivity contribution in [3.63, 3.8) is 0 Å². The molecule has 0 bridgehead atoms. The van der Waals surface area contributed by atoms with E-state index in [1.165, 1.54) is 30.2 Å². The molecule has 3 N–H and O–H groups in total. The average Bonchev–Trinajstić information content (AvgIpc) is 3.02. The molecule has 2 aliphatic rings. The smallest absolute Gasteiger partial charge is 0.257 e. The van der Waals surface area contributed by atoms with Crippen molar-refractivity contribution in [2.45, 2.75) is 5.60 Å². The maximum atomic E-state index is 13.7. The summed E-state index contributed by atoms with van der Waals surface area (Å²) in [6.07, 6.45) is 1.79. The maximum absolute atomic E-state index is 13.7. The zero-order valence-electron chi connectivity index (χ0n) is 16.2. The summed E-state index contributed by atoms with van der Waals surface area (Å²) in [4.78, 5) is 20.3. The van der Waals surface area contributed by atoms with Crippen molar-refractivity contribution in [2.24, 2.45) is 0 Å². The highest BCUT2D eigenvalue weighted by atomic mass is 19.1. The lowest BCUT2D eigenvalue weighted by Crippen LogP contribution is -2.46. The predicted molar refractivity (Wildman–Crippen MR) is 104 cm³/mol. The van der Waals surface area contributed by atoms with E-state index in [1.54, 1.807) is 18.2 Å². The topological polar surface area (TPSA) is 100 Å². The van der Waals surface area contributed by atoms with Crippen molar-refractivity contribution in [1.82, 2.24) is 10.4 Å². The standard InChI is InChI=1S/C21H21FN2O6/c1-28-19-8-13(2-5-16(19)22)17-10-21(30-23-17)11-24(6-7-29-12-21)20(27)15-4-3-14(25)9-18(15)26/h2-5,8-10,23,25-26H,6-7,11-12H2,1H3. The van der Waals surface area contributed by atoms with Crippen molar-refractivity contribution in [2.75, 3.05) is 33.4 Å². The third kappa shape index (κ3) is 3.77. The Morgan fingerprint density at radius 2 is 2.10 bits per heavy atom. The van der Waals surface area contributed by atoms with E-state index >= 15 is 0 Å². The molecule has 1 amide bonds. The van der Waals surface area contributed by atoms with Gasteiger partial charge in [-0.2, -0.15) is 0 Å². The fourth-order valence-electron chi connectivity index (χ4n) is 3.51. The minimum Gasteiger partial charge on any atom is -0.508 e. The number of hydrogen-bond acceptors (Lipinski definition) is 7. The van der Waals surface area contributed by atoms with Gasteiger partial charge in [-0.1, -0.05) is 0 Å². The molecule has 0 aromatic heterocycles. The highest BCUT2D eigenvalue weighted by Gasteiger charge is 2.41. The first-order valence-electron chi connectivity index (χ1n) is 9.30. The Bertz CT molecular complexity index is 1010. The van der Waals surface area contributed by atoms with Gasteiger partial charge in [-0.3, -0.25) is 15.1 Å². The zero-order chi connectivity index (χ0) is 21.3. The maximum Gasteiger partial charge on any atom is 0.257 e.